The molecule has 0 saturated carbocycles. The average Bonchev–Trinajstić information content (AvgIpc) is 2.93. The second kappa shape index (κ2) is 6.70. The van der Waals surface area contributed by atoms with Crippen LogP contribution in [0.3, 0.4) is 0 Å². The lowest BCUT2D eigenvalue weighted by atomic mass is 10.0. The van der Waals surface area contributed by atoms with Crippen molar-refractivity contribution in [1.29, 1.82) is 0 Å². The van der Waals surface area contributed by atoms with E-state index in [0.717, 1.165) is 17.9 Å². The van der Waals surface area contributed by atoms with Crippen LogP contribution in [-0.2, 0) is 6.54 Å². The van der Waals surface area contributed by atoms with Gasteiger partial charge in [0.25, 0.3) is 0 Å². The van der Waals surface area contributed by atoms with Gasteiger partial charge in [-0.05, 0) is 35.6 Å². The van der Waals surface area contributed by atoms with Crippen LogP contribution >= 0.6 is 11.3 Å². The van der Waals surface area contributed by atoms with E-state index in [4.69, 9.17) is 10.5 Å². The van der Waals surface area contributed by atoms with Crippen molar-refractivity contribution in [2.45, 2.75) is 19.5 Å². The molecule has 3 N–H and O–H groups in total. The van der Waals surface area contributed by atoms with Gasteiger partial charge in [-0.1, -0.05) is 18.2 Å². The summed E-state index contributed by atoms with van der Waals surface area (Å²) in [5.74, 6) is 0.915. The summed E-state index contributed by atoms with van der Waals surface area (Å²) >= 11 is 1.76. The fourth-order valence-electron chi connectivity index (χ4n) is 2.09. The van der Waals surface area contributed by atoms with E-state index in [-0.39, 0.29) is 6.04 Å². The fraction of sp³-hybridized carbons (Fsp3) is 0.333. The first kappa shape index (κ1) is 14.1. The Balaban J connectivity index is 2.06. The Bertz CT molecular complexity index is 511. The van der Waals surface area contributed by atoms with Gasteiger partial charge >= 0.3 is 0 Å². The number of nitrogens with two attached hydrogens (primary N) is 1. The lowest BCUT2D eigenvalue weighted by Crippen LogP contribution is -2.27. The minimum absolute atomic E-state index is 0.173. The zero-order valence-corrected chi connectivity index (χ0v) is 12.2. The molecule has 0 aliphatic rings. The van der Waals surface area contributed by atoms with Gasteiger partial charge in [0.2, 0.25) is 0 Å². The Kier molecular flexibility index (Phi) is 4.96. The monoisotopic (exact) mass is 276 g/mol. The predicted octanol–water partition coefficient (Wildman–Crippen LogP) is 2.85. The average molecular weight is 276 g/mol. The molecular formula is C15H20N2OS. The molecule has 0 saturated heterocycles. The molecule has 3 nitrogen and oxygen atoms in total. The summed E-state index contributed by atoms with van der Waals surface area (Å²) in [7, 11) is 1.69. The molecular weight excluding hydrogens is 256 g/mol. The Morgan fingerprint density at radius 3 is 2.79 bits per heavy atom. The van der Waals surface area contributed by atoms with Gasteiger partial charge in [-0.2, -0.15) is 0 Å². The third-order valence-corrected chi connectivity index (χ3v) is 4.04. The van der Waals surface area contributed by atoms with E-state index >= 15 is 0 Å². The van der Waals surface area contributed by atoms with E-state index in [1.54, 1.807) is 18.4 Å². The van der Waals surface area contributed by atoms with Crippen molar-refractivity contribution in [2.75, 3.05) is 13.7 Å². The molecule has 1 aromatic carbocycles. The Hall–Kier alpha value is -1.36. The number of hydrogen-bond acceptors (Lipinski definition) is 4. The Morgan fingerprint density at radius 2 is 2.21 bits per heavy atom. The molecule has 4 heteroatoms. The zero-order chi connectivity index (χ0) is 13.7. The number of rotatable bonds is 6. The van der Waals surface area contributed by atoms with Crippen molar-refractivity contribution in [3.63, 3.8) is 0 Å². The van der Waals surface area contributed by atoms with Gasteiger partial charge in [-0.15, -0.1) is 11.3 Å². The number of ether oxygens (including phenoxy) is 1. The van der Waals surface area contributed by atoms with E-state index in [1.807, 2.05) is 6.07 Å². The van der Waals surface area contributed by atoms with Crippen LogP contribution in [0, 0.1) is 6.92 Å². The maximum atomic E-state index is 5.87. The lowest BCUT2D eigenvalue weighted by molar-refractivity contribution is 0.411. The molecule has 0 aliphatic heterocycles. The second-order valence-electron chi connectivity index (χ2n) is 4.48. The third-order valence-electron chi connectivity index (χ3n) is 3.16. The standard InChI is InChI=1S/C15H20N2OS/c1-11-8-12(5-6-15(11)18-2)14(9-16)17-10-13-4-3-7-19-13/h3-8,14,17H,9-10,16H2,1-2H3. The van der Waals surface area contributed by atoms with Crippen LogP contribution in [0.15, 0.2) is 35.7 Å². The fourth-order valence-corrected chi connectivity index (χ4v) is 2.75. The molecule has 0 spiro atoms. The predicted molar refractivity (Wildman–Crippen MR) is 80.7 cm³/mol. The molecule has 0 amide bonds. The van der Waals surface area contributed by atoms with E-state index in [1.165, 1.54) is 10.4 Å². The van der Waals surface area contributed by atoms with E-state index in [9.17, 15) is 0 Å². The van der Waals surface area contributed by atoms with Crippen molar-refractivity contribution in [3.05, 3.63) is 51.7 Å². The minimum Gasteiger partial charge on any atom is -0.496 e. The molecule has 0 fully saturated rings. The number of benzene rings is 1. The molecule has 0 radical (unpaired) electrons. The Morgan fingerprint density at radius 1 is 1.37 bits per heavy atom. The molecule has 1 unspecified atom stereocenters. The molecule has 19 heavy (non-hydrogen) atoms. The van der Waals surface area contributed by atoms with Gasteiger partial charge < -0.3 is 15.8 Å². The number of thiophene rings is 1. The first-order chi connectivity index (χ1) is 9.24. The van der Waals surface area contributed by atoms with Crippen molar-refractivity contribution < 1.29 is 4.74 Å². The van der Waals surface area contributed by atoms with Crippen LogP contribution in [0.25, 0.3) is 0 Å². The Labute approximate surface area is 118 Å². The van der Waals surface area contributed by atoms with Crippen LogP contribution < -0.4 is 15.8 Å². The topological polar surface area (TPSA) is 47.3 Å². The van der Waals surface area contributed by atoms with Crippen molar-refractivity contribution in [1.82, 2.24) is 5.32 Å². The molecule has 1 atom stereocenters. The number of methoxy groups -OCH3 is 1. The lowest BCUT2D eigenvalue weighted by Gasteiger charge is -2.18. The van der Waals surface area contributed by atoms with E-state index < -0.39 is 0 Å². The molecule has 102 valence electrons. The van der Waals surface area contributed by atoms with Crippen molar-refractivity contribution in [2.24, 2.45) is 5.73 Å². The summed E-state index contributed by atoms with van der Waals surface area (Å²) in [6.45, 7) is 3.48. The van der Waals surface area contributed by atoms with Crippen molar-refractivity contribution >= 4 is 11.3 Å². The summed E-state index contributed by atoms with van der Waals surface area (Å²) in [5.41, 5.74) is 8.22. The highest BCUT2D eigenvalue weighted by Gasteiger charge is 2.11. The van der Waals surface area contributed by atoms with Crippen LogP contribution in [0.1, 0.15) is 22.0 Å². The summed E-state index contributed by atoms with van der Waals surface area (Å²) in [4.78, 5) is 1.32. The minimum atomic E-state index is 0.173. The molecule has 1 aromatic heterocycles. The number of aryl methyl sites for hydroxylation is 1. The normalized spacial score (nSPS) is 12.4. The highest BCUT2D eigenvalue weighted by atomic mass is 32.1. The molecule has 0 bridgehead atoms. The van der Waals surface area contributed by atoms with Gasteiger partial charge in [0.1, 0.15) is 5.75 Å². The van der Waals surface area contributed by atoms with Crippen molar-refractivity contribution in [3.8, 4) is 5.75 Å². The maximum Gasteiger partial charge on any atom is 0.121 e. The summed E-state index contributed by atoms with van der Waals surface area (Å²) in [5, 5.41) is 5.59. The SMILES string of the molecule is COc1ccc(C(CN)NCc2cccs2)cc1C. The number of nitrogens with one attached hydrogen (secondary N) is 1. The van der Waals surface area contributed by atoms with Crippen LogP contribution in [-0.4, -0.2) is 13.7 Å². The highest BCUT2D eigenvalue weighted by molar-refractivity contribution is 7.09. The first-order valence-electron chi connectivity index (χ1n) is 6.35. The van der Waals surface area contributed by atoms with Crippen LogP contribution in [0.2, 0.25) is 0 Å². The summed E-state index contributed by atoms with van der Waals surface area (Å²) in [6, 6.07) is 10.6. The first-order valence-corrected chi connectivity index (χ1v) is 7.23. The van der Waals surface area contributed by atoms with Crippen LogP contribution in [0.4, 0.5) is 0 Å². The largest absolute Gasteiger partial charge is 0.496 e. The van der Waals surface area contributed by atoms with Gasteiger partial charge in [0.15, 0.2) is 0 Å². The van der Waals surface area contributed by atoms with Gasteiger partial charge in [0, 0.05) is 24.0 Å². The van der Waals surface area contributed by atoms with Gasteiger partial charge in [-0.3, -0.25) is 0 Å². The molecule has 2 rings (SSSR count). The highest BCUT2D eigenvalue weighted by Crippen LogP contribution is 2.22. The smallest absolute Gasteiger partial charge is 0.121 e. The summed E-state index contributed by atoms with van der Waals surface area (Å²) < 4.78 is 5.28. The third kappa shape index (κ3) is 3.56. The molecule has 2 aromatic rings. The van der Waals surface area contributed by atoms with Gasteiger partial charge in [-0.25, -0.2) is 0 Å². The van der Waals surface area contributed by atoms with Crippen LogP contribution in [0.5, 0.6) is 5.75 Å². The summed E-state index contributed by atoms with van der Waals surface area (Å²) in [6.07, 6.45) is 0. The quantitative estimate of drug-likeness (QED) is 0.853. The number of hydrogen-bond donors (Lipinski definition) is 2. The molecule has 1 heterocycles. The molecule has 0 aliphatic carbocycles. The van der Waals surface area contributed by atoms with E-state index in [2.05, 4.69) is 41.9 Å². The maximum absolute atomic E-state index is 5.87. The van der Waals surface area contributed by atoms with E-state index in [0.29, 0.717) is 6.54 Å². The second-order valence-corrected chi connectivity index (χ2v) is 5.51. The van der Waals surface area contributed by atoms with Gasteiger partial charge in [0.05, 0.1) is 7.11 Å². The zero-order valence-electron chi connectivity index (χ0n) is 11.3.